The highest BCUT2D eigenvalue weighted by atomic mass is 15.1. The Labute approximate surface area is 76.3 Å². The van der Waals surface area contributed by atoms with Crippen molar-refractivity contribution in [2.45, 2.75) is 26.8 Å². The maximum absolute atomic E-state index is 5.47. The van der Waals surface area contributed by atoms with E-state index in [2.05, 4.69) is 31.0 Å². The summed E-state index contributed by atoms with van der Waals surface area (Å²) in [5.74, 6) is 0. The van der Waals surface area contributed by atoms with E-state index in [4.69, 9.17) is 5.73 Å². The van der Waals surface area contributed by atoms with E-state index in [0.717, 1.165) is 32.7 Å². The number of likely N-dealkylation sites (N-methyl/N-ethyl adjacent to an activating group) is 1. The molecule has 0 saturated heterocycles. The van der Waals surface area contributed by atoms with E-state index in [1.165, 1.54) is 0 Å². The first-order valence-electron chi connectivity index (χ1n) is 4.86. The summed E-state index contributed by atoms with van der Waals surface area (Å²) >= 11 is 0. The largest absolute Gasteiger partial charge is 0.329 e. The van der Waals surface area contributed by atoms with Crippen LogP contribution in [-0.4, -0.2) is 43.7 Å². The number of nitrogens with zero attached hydrogens (tertiary/aromatic N) is 1. The summed E-state index contributed by atoms with van der Waals surface area (Å²) in [6.45, 7) is 11.5. The van der Waals surface area contributed by atoms with E-state index in [1.807, 2.05) is 0 Å². The van der Waals surface area contributed by atoms with Crippen molar-refractivity contribution in [3.63, 3.8) is 0 Å². The van der Waals surface area contributed by atoms with Crippen LogP contribution in [0.5, 0.6) is 0 Å². The molecule has 0 aromatic heterocycles. The Hall–Kier alpha value is -0.120. The van der Waals surface area contributed by atoms with Gasteiger partial charge in [-0.05, 0) is 6.54 Å². The zero-order chi connectivity index (χ0) is 9.40. The van der Waals surface area contributed by atoms with E-state index in [1.54, 1.807) is 0 Å². The smallest absolute Gasteiger partial charge is 0.0107 e. The third-order valence-corrected chi connectivity index (χ3v) is 1.87. The van der Waals surface area contributed by atoms with Crippen molar-refractivity contribution in [1.29, 1.82) is 0 Å². The molecule has 0 unspecified atom stereocenters. The minimum absolute atomic E-state index is 0.585. The second-order valence-corrected chi connectivity index (χ2v) is 3.33. The topological polar surface area (TPSA) is 41.3 Å². The average molecular weight is 173 g/mol. The fourth-order valence-electron chi connectivity index (χ4n) is 1.12. The lowest BCUT2D eigenvalue weighted by Crippen LogP contribution is -2.37. The van der Waals surface area contributed by atoms with Gasteiger partial charge in [-0.2, -0.15) is 0 Å². The third-order valence-electron chi connectivity index (χ3n) is 1.87. The molecular formula is C9H23N3. The summed E-state index contributed by atoms with van der Waals surface area (Å²) in [5, 5.41) is 3.39. The van der Waals surface area contributed by atoms with Gasteiger partial charge in [-0.3, -0.25) is 0 Å². The van der Waals surface area contributed by atoms with Crippen LogP contribution in [0.4, 0.5) is 0 Å². The predicted octanol–water partition coefficient (Wildman–Crippen LogP) is 0.265. The van der Waals surface area contributed by atoms with Crippen LogP contribution in [0.1, 0.15) is 20.8 Å². The number of rotatable bonds is 7. The molecule has 0 amide bonds. The molecule has 0 atom stereocenters. The van der Waals surface area contributed by atoms with Gasteiger partial charge in [-0.1, -0.05) is 20.8 Å². The Morgan fingerprint density at radius 3 is 2.42 bits per heavy atom. The first kappa shape index (κ1) is 11.9. The van der Waals surface area contributed by atoms with Crippen LogP contribution < -0.4 is 11.1 Å². The van der Waals surface area contributed by atoms with Crippen LogP contribution in [0, 0.1) is 0 Å². The highest BCUT2D eigenvalue weighted by molar-refractivity contribution is 4.59. The highest BCUT2D eigenvalue weighted by Gasteiger charge is 1.99. The van der Waals surface area contributed by atoms with Gasteiger partial charge in [0, 0.05) is 32.2 Å². The zero-order valence-electron chi connectivity index (χ0n) is 8.64. The third kappa shape index (κ3) is 6.58. The monoisotopic (exact) mass is 173 g/mol. The van der Waals surface area contributed by atoms with Crippen molar-refractivity contribution in [2.24, 2.45) is 5.73 Å². The van der Waals surface area contributed by atoms with Crippen molar-refractivity contribution >= 4 is 0 Å². The number of nitrogens with two attached hydrogens (primary N) is 1. The molecular weight excluding hydrogens is 150 g/mol. The number of hydrogen-bond acceptors (Lipinski definition) is 3. The second kappa shape index (κ2) is 7.53. The molecule has 0 fully saturated rings. The van der Waals surface area contributed by atoms with Crippen LogP contribution >= 0.6 is 0 Å². The summed E-state index contributed by atoms with van der Waals surface area (Å²) in [6.07, 6.45) is 0. The zero-order valence-corrected chi connectivity index (χ0v) is 8.64. The Balaban J connectivity index is 3.31. The van der Waals surface area contributed by atoms with Crippen molar-refractivity contribution in [3.05, 3.63) is 0 Å². The molecule has 0 radical (unpaired) electrons. The van der Waals surface area contributed by atoms with Gasteiger partial charge in [0.25, 0.3) is 0 Å². The van der Waals surface area contributed by atoms with Gasteiger partial charge in [-0.25, -0.2) is 0 Å². The molecule has 3 nitrogen and oxygen atoms in total. The molecule has 0 spiro atoms. The second-order valence-electron chi connectivity index (χ2n) is 3.33. The standard InChI is InChI=1S/C9H23N3/c1-4-12(7-5-10)8-6-11-9(2)3/h9,11H,4-8,10H2,1-3H3. The molecule has 0 aromatic carbocycles. The molecule has 12 heavy (non-hydrogen) atoms. The van der Waals surface area contributed by atoms with Crippen LogP contribution in [-0.2, 0) is 0 Å². The number of nitrogens with one attached hydrogen (secondary N) is 1. The molecule has 0 aliphatic carbocycles. The first-order valence-corrected chi connectivity index (χ1v) is 4.86. The van der Waals surface area contributed by atoms with Gasteiger partial charge >= 0.3 is 0 Å². The van der Waals surface area contributed by atoms with Crippen LogP contribution in [0.3, 0.4) is 0 Å². The SMILES string of the molecule is CCN(CCN)CCNC(C)C. The van der Waals surface area contributed by atoms with Crippen molar-refractivity contribution < 1.29 is 0 Å². The quantitative estimate of drug-likeness (QED) is 0.580. The summed E-state index contributed by atoms with van der Waals surface area (Å²) in [6, 6.07) is 0.585. The fraction of sp³-hybridized carbons (Fsp3) is 1.00. The highest BCUT2D eigenvalue weighted by Crippen LogP contribution is 1.85. The maximum atomic E-state index is 5.47. The lowest BCUT2D eigenvalue weighted by atomic mass is 10.4. The average Bonchev–Trinajstić information content (AvgIpc) is 2.02. The summed E-state index contributed by atoms with van der Waals surface area (Å²) in [4.78, 5) is 2.36. The minimum atomic E-state index is 0.585. The van der Waals surface area contributed by atoms with Gasteiger partial charge in [0.1, 0.15) is 0 Å². The Kier molecular flexibility index (Phi) is 7.45. The maximum Gasteiger partial charge on any atom is 0.0107 e. The molecule has 0 aliphatic rings. The Bertz CT molecular complexity index is 93.8. The van der Waals surface area contributed by atoms with Crippen molar-refractivity contribution in [1.82, 2.24) is 10.2 Å². The van der Waals surface area contributed by atoms with Gasteiger partial charge in [0.15, 0.2) is 0 Å². The van der Waals surface area contributed by atoms with Gasteiger partial charge < -0.3 is 16.0 Å². The Morgan fingerprint density at radius 1 is 1.33 bits per heavy atom. The van der Waals surface area contributed by atoms with E-state index in [9.17, 15) is 0 Å². The van der Waals surface area contributed by atoms with E-state index in [0.29, 0.717) is 6.04 Å². The molecule has 0 heterocycles. The normalized spacial score (nSPS) is 11.5. The summed E-state index contributed by atoms with van der Waals surface area (Å²) < 4.78 is 0. The van der Waals surface area contributed by atoms with E-state index < -0.39 is 0 Å². The molecule has 0 saturated carbocycles. The predicted molar refractivity (Wildman–Crippen MR) is 54.3 cm³/mol. The lowest BCUT2D eigenvalue weighted by molar-refractivity contribution is 0.292. The summed E-state index contributed by atoms with van der Waals surface area (Å²) in [5.41, 5.74) is 5.47. The molecule has 0 aromatic rings. The summed E-state index contributed by atoms with van der Waals surface area (Å²) in [7, 11) is 0. The minimum Gasteiger partial charge on any atom is -0.329 e. The molecule has 74 valence electrons. The number of hydrogen-bond donors (Lipinski definition) is 2. The first-order chi connectivity index (χ1) is 5.70. The lowest BCUT2D eigenvalue weighted by Gasteiger charge is -2.20. The van der Waals surface area contributed by atoms with Crippen LogP contribution in [0.2, 0.25) is 0 Å². The molecule has 0 bridgehead atoms. The van der Waals surface area contributed by atoms with Gasteiger partial charge in [0.05, 0.1) is 0 Å². The molecule has 3 heteroatoms. The van der Waals surface area contributed by atoms with E-state index >= 15 is 0 Å². The fourth-order valence-corrected chi connectivity index (χ4v) is 1.12. The Morgan fingerprint density at radius 2 is 2.00 bits per heavy atom. The van der Waals surface area contributed by atoms with E-state index in [-0.39, 0.29) is 0 Å². The molecule has 0 aliphatic heterocycles. The van der Waals surface area contributed by atoms with Gasteiger partial charge in [-0.15, -0.1) is 0 Å². The van der Waals surface area contributed by atoms with Gasteiger partial charge in [0.2, 0.25) is 0 Å². The van der Waals surface area contributed by atoms with Crippen molar-refractivity contribution in [3.8, 4) is 0 Å². The van der Waals surface area contributed by atoms with Crippen LogP contribution in [0.25, 0.3) is 0 Å². The van der Waals surface area contributed by atoms with Crippen LogP contribution in [0.15, 0.2) is 0 Å². The molecule has 0 rings (SSSR count). The van der Waals surface area contributed by atoms with Crippen molar-refractivity contribution in [2.75, 3.05) is 32.7 Å². The molecule has 3 N–H and O–H groups in total.